The molecule has 1 heterocycles. The molecule has 0 aliphatic carbocycles. The van der Waals surface area contributed by atoms with Crippen molar-refractivity contribution in [1.29, 1.82) is 0 Å². The van der Waals surface area contributed by atoms with E-state index in [1.165, 1.54) is 0 Å². The first-order valence-corrected chi connectivity index (χ1v) is 9.52. The minimum Gasteiger partial charge on any atom is -0.493 e. The van der Waals surface area contributed by atoms with E-state index in [2.05, 4.69) is 9.97 Å². The normalized spacial score (nSPS) is 11.3. The lowest BCUT2D eigenvalue weighted by Crippen LogP contribution is -2.17. The molecule has 7 heteroatoms. The Labute approximate surface area is 162 Å². The van der Waals surface area contributed by atoms with Gasteiger partial charge in [0, 0.05) is 29.2 Å². The Hall–Kier alpha value is -2.93. The van der Waals surface area contributed by atoms with Gasteiger partial charge in [-0.2, -0.15) is 0 Å². The lowest BCUT2D eigenvalue weighted by atomic mass is 10.1. The van der Waals surface area contributed by atoms with Crippen LogP contribution in [-0.2, 0) is 4.79 Å². The largest absolute Gasteiger partial charge is 0.493 e. The molecule has 0 spiro atoms. The molecule has 148 valence electrons. The fraction of sp³-hybridized carbons (Fsp3) is 0.381. The number of unbranched alkanes of at least 4 members (excludes halogenated alkanes) is 2. The Morgan fingerprint density at radius 1 is 1.21 bits per heavy atom. The highest BCUT2D eigenvalue weighted by molar-refractivity contribution is 6.07. The summed E-state index contributed by atoms with van der Waals surface area (Å²) in [5.41, 5.74) is 3.40. The van der Waals surface area contributed by atoms with Crippen molar-refractivity contribution in [1.82, 2.24) is 15.4 Å². The molecule has 3 aromatic rings. The van der Waals surface area contributed by atoms with Gasteiger partial charge < -0.3 is 9.72 Å². The van der Waals surface area contributed by atoms with Crippen LogP contribution >= 0.6 is 0 Å². The molecule has 2 aromatic carbocycles. The second kappa shape index (κ2) is 8.84. The zero-order valence-electron chi connectivity index (χ0n) is 16.1. The quantitative estimate of drug-likeness (QED) is 0.238. The third-order valence-electron chi connectivity index (χ3n) is 4.67. The van der Waals surface area contributed by atoms with Gasteiger partial charge in [-0.3, -0.25) is 14.8 Å². The Bertz CT molecular complexity index is 1040. The molecule has 0 aliphatic heterocycles. The smallest absolute Gasteiger partial charge is 0.270 e. The number of carbonyl (C=O) groups excluding carboxylic acids is 1. The molecule has 0 atom stereocenters. The van der Waals surface area contributed by atoms with Crippen LogP contribution in [-0.4, -0.2) is 27.7 Å². The Morgan fingerprint density at radius 2 is 1.96 bits per heavy atom. The number of ether oxygens (including phenoxy) is 1. The summed E-state index contributed by atoms with van der Waals surface area (Å²) in [5.74, 6) is 0.361. The first-order chi connectivity index (χ1) is 13.5. The Morgan fingerprint density at radius 3 is 2.68 bits per heavy atom. The summed E-state index contributed by atoms with van der Waals surface area (Å²) in [6, 6.07) is 9.68. The van der Waals surface area contributed by atoms with Gasteiger partial charge in [0.15, 0.2) is 0 Å². The predicted molar refractivity (Wildman–Crippen MR) is 108 cm³/mol. The lowest BCUT2D eigenvalue weighted by molar-refractivity contribution is -0.129. The summed E-state index contributed by atoms with van der Waals surface area (Å²) < 4.78 is 5.98. The van der Waals surface area contributed by atoms with Crippen molar-refractivity contribution in [2.45, 2.75) is 45.4 Å². The van der Waals surface area contributed by atoms with Crippen LogP contribution in [0.25, 0.3) is 21.8 Å². The molecule has 1 aromatic heterocycles. The number of nitrogens with one attached hydrogen (secondary N) is 2. The van der Waals surface area contributed by atoms with Crippen molar-refractivity contribution < 1.29 is 14.7 Å². The summed E-state index contributed by atoms with van der Waals surface area (Å²) in [7, 11) is 0. The number of aromatic amines is 1. The summed E-state index contributed by atoms with van der Waals surface area (Å²) >= 11 is 0. The zero-order valence-corrected chi connectivity index (χ0v) is 16.1. The van der Waals surface area contributed by atoms with E-state index in [-0.39, 0.29) is 17.4 Å². The van der Waals surface area contributed by atoms with Crippen molar-refractivity contribution in [3.8, 4) is 5.75 Å². The Balaban J connectivity index is 1.83. The van der Waals surface area contributed by atoms with E-state index in [4.69, 9.17) is 9.94 Å². The van der Waals surface area contributed by atoms with Crippen LogP contribution < -0.4 is 15.8 Å². The first-order valence-electron chi connectivity index (χ1n) is 9.52. The molecule has 7 nitrogen and oxygen atoms in total. The molecular formula is C21H25N3O4. The lowest BCUT2D eigenvalue weighted by Gasteiger charge is -2.13. The maximum atomic E-state index is 12.3. The molecule has 0 radical (unpaired) electrons. The van der Waals surface area contributed by atoms with Crippen LogP contribution in [0.15, 0.2) is 35.1 Å². The summed E-state index contributed by atoms with van der Waals surface area (Å²) in [6.07, 6.45) is 2.57. The van der Waals surface area contributed by atoms with Gasteiger partial charge in [-0.05, 0) is 19.3 Å². The third-order valence-corrected chi connectivity index (χ3v) is 4.67. The molecule has 1 amide bonds. The van der Waals surface area contributed by atoms with Crippen LogP contribution in [0.3, 0.4) is 0 Å². The number of nitrogens with zero attached hydrogens (tertiary/aromatic N) is 1. The van der Waals surface area contributed by atoms with Crippen molar-refractivity contribution in [2.24, 2.45) is 0 Å². The highest BCUT2D eigenvalue weighted by atomic mass is 16.5. The van der Waals surface area contributed by atoms with Gasteiger partial charge in [0.05, 0.1) is 17.6 Å². The van der Waals surface area contributed by atoms with Gasteiger partial charge in [-0.25, -0.2) is 10.5 Å². The molecule has 0 bridgehead atoms. The SMILES string of the molecule is CC(C)c1nc2c(cc(OCCCCCC(=O)NO)c3ccccc32)[nH]c1=O. The molecule has 0 saturated carbocycles. The van der Waals surface area contributed by atoms with E-state index in [9.17, 15) is 9.59 Å². The van der Waals surface area contributed by atoms with Gasteiger partial charge in [-0.15, -0.1) is 0 Å². The minimum absolute atomic E-state index is 0.0377. The van der Waals surface area contributed by atoms with Gasteiger partial charge in [0.2, 0.25) is 5.91 Å². The van der Waals surface area contributed by atoms with E-state index in [0.717, 1.165) is 29.1 Å². The van der Waals surface area contributed by atoms with Crippen molar-refractivity contribution in [2.75, 3.05) is 6.61 Å². The van der Waals surface area contributed by atoms with Gasteiger partial charge in [0.1, 0.15) is 11.4 Å². The Kier molecular flexibility index (Phi) is 6.26. The number of fused-ring (bicyclic) bond motifs is 3. The molecular weight excluding hydrogens is 358 g/mol. The number of benzene rings is 2. The second-order valence-electron chi connectivity index (χ2n) is 7.12. The maximum Gasteiger partial charge on any atom is 0.270 e. The number of amides is 1. The van der Waals surface area contributed by atoms with E-state index >= 15 is 0 Å². The second-order valence-corrected chi connectivity index (χ2v) is 7.12. The number of hydrogen-bond acceptors (Lipinski definition) is 5. The number of rotatable bonds is 8. The van der Waals surface area contributed by atoms with Crippen LogP contribution in [0.2, 0.25) is 0 Å². The summed E-state index contributed by atoms with van der Waals surface area (Å²) in [5, 5.41) is 10.4. The van der Waals surface area contributed by atoms with Crippen LogP contribution in [0, 0.1) is 0 Å². The number of carbonyl (C=O) groups is 1. The fourth-order valence-corrected chi connectivity index (χ4v) is 3.21. The fourth-order valence-electron chi connectivity index (χ4n) is 3.21. The van der Waals surface area contributed by atoms with E-state index < -0.39 is 0 Å². The zero-order chi connectivity index (χ0) is 20.1. The molecule has 28 heavy (non-hydrogen) atoms. The van der Waals surface area contributed by atoms with Crippen molar-refractivity contribution >= 4 is 27.7 Å². The number of H-pyrrole nitrogens is 1. The highest BCUT2D eigenvalue weighted by Gasteiger charge is 2.13. The van der Waals surface area contributed by atoms with E-state index in [1.807, 2.05) is 44.2 Å². The number of hydroxylamine groups is 1. The molecule has 0 aliphatic rings. The minimum atomic E-state index is -0.376. The topological polar surface area (TPSA) is 104 Å². The number of aromatic nitrogens is 2. The number of hydrogen-bond donors (Lipinski definition) is 3. The van der Waals surface area contributed by atoms with Gasteiger partial charge in [-0.1, -0.05) is 38.1 Å². The molecule has 0 fully saturated rings. The predicted octanol–water partition coefficient (Wildman–Crippen LogP) is 3.64. The van der Waals surface area contributed by atoms with E-state index in [0.29, 0.717) is 36.4 Å². The maximum absolute atomic E-state index is 12.3. The molecule has 3 rings (SSSR count). The summed E-state index contributed by atoms with van der Waals surface area (Å²) in [6.45, 7) is 4.40. The van der Waals surface area contributed by atoms with Gasteiger partial charge in [0.25, 0.3) is 5.56 Å². The summed E-state index contributed by atoms with van der Waals surface area (Å²) in [4.78, 5) is 30.9. The van der Waals surface area contributed by atoms with Crippen molar-refractivity contribution in [3.05, 3.63) is 46.4 Å². The molecule has 3 N–H and O–H groups in total. The standard InChI is InChI=1S/C21H25N3O4/c1-13(2)19-21(26)22-16-12-17(28-11-7-3-4-10-18(25)24-27)14-8-5-6-9-15(14)20(16)23-19/h5-6,8-9,12-13,27H,3-4,7,10-11H2,1-2H3,(H,22,26)(H,24,25). The van der Waals surface area contributed by atoms with Crippen LogP contribution in [0.1, 0.15) is 51.1 Å². The third kappa shape index (κ3) is 4.31. The molecule has 0 unspecified atom stereocenters. The average Bonchev–Trinajstić information content (AvgIpc) is 2.69. The molecule has 0 saturated heterocycles. The van der Waals surface area contributed by atoms with Gasteiger partial charge >= 0.3 is 0 Å². The monoisotopic (exact) mass is 383 g/mol. The average molecular weight is 383 g/mol. The van der Waals surface area contributed by atoms with Crippen LogP contribution in [0.4, 0.5) is 0 Å². The van der Waals surface area contributed by atoms with Crippen molar-refractivity contribution in [3.63, 3.8) is 0 Å². The van der Waals surface area contributed by atoms with E-state index in [1.54, 1.807) is 5.48 Å². The highest BCUT2D eigenvalue weighted by Crippen LogP contribution is 2.32. The first kappa shape index (κ1) is 19.8. The van der Waals surface area contributed by atoms with Crippen LogP contribution in [0.5, 0.6) is 5.75 Å².